The van der Waals surface area contributed by atoms with Crippen molar-refractivity contribution in [2.45, 2.75) is 25.7 Å². The van der Waals surface area contributed by atoms with Crippen LogP contribution in [0.4, 0.5) is 5.69 Å². The summed E-state index contributed by atoms with van der Waals surface area (Å²) < 4.78 is 27.6. The maximum atomic E-state index is 12.5. The fourth-order valence-electron chi connectivity index (χ4n) is 3.05. The molecular formula is C18H21N5O3S. The van der Waals surface area contributed by atoms with Crippen LogP contribution in [0.25, 0.3) is 10.9 Å². The molecule has 1 aromatic carbocycles. The fraction of sp³-hybridized carbons (Fsp3) is 0.278. The van der Waals surface area contributed by atoms with Gasteiger partial charge in [-0.25, -0.2) is 13.1 Å². The molecule has 0 spiro atoms. The Balaban J connectivity index is 1.81. The molecule has 0 saturated carbocycles. The largest absolute Gasteiger partial charge is 0.309 e. The summed E-state index contributed by atoms with van der Waals surface area (Å²) in [6.07, 6.45) is 1.66. The van der Waals surface area contributed by atoms with Crippen molar-refractivity contribution < 1.29 is 13.2 Å². The Labute approximate surface area is 157 Å². The number of anilines is 1. The zero-order valence-electron chi connectivity index (χ0n) is 15.4. The highest BCUT2D eigenvalue weighted by atomic mass is 32.2. The van der Waals surface area contributed by atoms with E-state index in [-0.39, 0.29) is 23.9 Å². The van der Waals surface area contributed by atoms with E-state index in [9.17, 15) is 13.2 Å². The number of nitrogens with one attached hydrogen (secondary N) is 2. The third kappa shape index (κ3) is 3.83. The van der Waals surface area contributed by atoms with Gasteiger partial charge in [-0.2, -0.15) is 5.10 Å². The van der Waals surface area contributed by atoms with Crippen molar-refractivity contribution >= 4 is 32.5 Å². The molecule has 0 bridgehead atoms. The van der Waals surface area contributed by atoms with Crippen molar-refractivity contribution in [3.8, 4) is 0 Å². The first-order valence-corrected chi connectivity index (χ1v) is 9.92. The number of hydrogen-bond donors (Lipinski definition) is 2. The molecule has 0 fully saturated rings. The summed E-state index contributed by atoms with van der Waals surface area (Å²) in [5, 5.41) is 7.49. The van der Waals surface area contributed by atoms with E-state index >= 15 is 0 Å². The molecule has 3 rings (SSSR count). The van der Waals surface area contributed by atoms with Crippen LogP contribution in [0, 0.1) is 13.8 Å². The average Bonchev–Trinajstić information content (AvgIpc) is 2.97. The van der Waals surface area contributed by atoms with Crippen LogP contribution in [0.2, 0.25) is 0 Å². The van der Waals surface area contributed by atoms with Crippen LogP contribution in [0.5, 0.6) is 0 Å². The van der Waals surface area contributed by atoms with E-state index in [0.717, 1.165) is 5.39 Å². The van der Waals surface area contributed by atoms with Gasteiger partial charge in [-0.05, 0) is 26.0 Å². The number of hydrogen-bond acceptors (Lipinski definition) is 5. The fourth-order valence-corrected chi connectivity index (χ4v) is 4.44. The van der Waals surface area contributed by atoms with Crippen LogP contribution < -0.4 is 9.62 Å². The summed E-state index contributed by atoms with van der Waals surface area (Å²) in [5.41, 5.74) is 2.22. The summed E-state index contributed by atoms with van der Waals surface area (Å²) in [6, 6.07) is 9.30. The number of amides is 1. The highest BCUT2D eigenvalue weighted by Crippen LogP contribution is 2.24. The Hall–Kier alpha value is -2.78. The van der Waals surface area contributed by atoms with Gasteiger partial charge in [-0.1, -0.05) is 18.2 Å². The maximum absolute atomic E-state index is 12.5. The normalized spacial score (nSPS) is 11.7. The first kappa shape index (κ1) is 19.0. The minimum Gasteiger partial charge on any atom is -0.309 e. The molecule has 0 atom stereocenters. The molecule has 1 amide bonds. The van der Waals surface area contributed by atoms with Gasteiger partial charge in [0, 0.05) is 31.6 Å². The zero-order chi connectivity index (χ0) is 19.6. The first-order chi connectivity index (χ1) is 12.8. The quantitative estimate of drug-likeness (QED) is 0.672. The van der Waals surface area contributed by atoms with Gasteiger partial charge in [-0.15, -0.1) is 0 Å². The highest BCUT2D eigenvalue weighted by Gasteiger charge is 2.23. The standard InChI is InChI=1S/C18H21N5O3S/c1-12-18(13(2)22-21-12)27(25,26)20-10-11-23(14(3)24)16-8-4-6-15-7-5-9-19-17(15)16/h4-9,20H,10-11H2,1-3H3,(H,21,22). The van der Waals surface area contributed by atoms with E-state index in [4.69, 9.17) is 0 Å². The first-order valence-electron chi connectivity index (χ1n) is 8.44. The van der Waals surface area contributed by atoms with Crippen molar-refractivity contribution in [2.75, 3.05) is 18.0 Å². The molecule has 3 aromatic rings. The van der Waals surface area contributed by atoms with Gasteiger partial charge in [0.15, 0.2) is 0 Å². The second-order valence-corrected chi connectivity index (χ2v) is 7.89. The minimum absolute atomic E-state index is 0.0647. The zero-order valence-corrected chi connectivity index (χ0v) is 16.2. The molecule has 142 valence electrons. The van der Waals surface area contributed by atoms with Gasteiger partial charge in [0.2, 0.25) is 15.9 Å². The molecule has 2 N–H and O–H groups in total. The van der Waals surface area contributed by atoms with Crippen molar-refractivity contribution in [2.24, 2.45) is 0 Å². The number of H-pyrrole nitrogens is 1. The van der Waals surface area contributed by atoms with Crippen LogP contribution in [0.3, 0.4) is 0 Å². The van der Waals surface area contributed by atoms with Gasteiger partial charge in [-0.3, -0.25) is 14.9 Å². The van der Waals surface area contributed by atoms with Crippen LogP contribution in [0.15, 0.2) is 41.4 Å². The van der Waals surface area contributed by atoms with E-state index in [1.807, 2.05) is 24.3 Å². The Morgan fingerprint density at radius 2 is 1.96 bits per heavy atom. The number of carbonyl (C=O) groups excluding carboxylic acids is 1. The number of para-hydroxylation sites is 1. The number of fused-ring (bicyclic) bond motifs is 1. The molecule has 2 aromatic heterocycles. The van der Waals surface area contributed by atoms with Crippen LogP contribution in [0.1, 0.15) is 18.3 Å². The number of aryl methyl sites for hydroxylation is 2. The number of rotatable bonds is 6. The predicted molar refractivity (Wildman–Crippen MR) is 103 cm³/mol. The van der Waals surface area contributed by atoms with E-state index in [0.29, 0.717) is 22.6 Å². The molecule has 0 radical (unpaired) electrons. The molecule has 0 aliphatic heterocycles. The predicted octanol–water partition coefficient (Wildman–Crippen LogP) is 1.91. The SMILES string of the molecule is CC(=O)N(CCNS(=O)(=O)c1c(C)n[nH]c1C)c1cccc2cccnc12. The lowest BCUT2D eigenvalue weighted by Crippen LogP contribution is -2.38. The lowest BCUT2D eigenvalue weighted by molar-refractivity contribution is -0.116. The molecular weight excluding hydrogens is 366 g/mol. The number of nitrogens with zero attached hydrogens (tertiary/aromatic N) is 3. The Kier molecular flexibility index (Phi) is 5.24. The van der Waals surface area contributed by atoms with E-state index in [2.05, 4.69) is 19.9 Å². The summed E-state index contributed by atoms with van der Waals surface area (Å²) in [4.78, 5) is 18.2. The van der Waals surface area contributed by atoms with E-state index < -0.39 is 10.0 Å². The number of pyridine rings is 1. The average molecular weight is 387 g/mol. The summed E-state index contributed by atoms with van der Waals surface area (Å²) >= 11 is 0. The molecule has 0 aliphatic rings. The molecule has 9 heteroatoms. The summed E-state index contributed by atoms with van der Waals surface area (Å²) in [5.74, 6) is -0.192. The second kappa shape index (κ2) is 7.45. The lowest BCUT2D eigenvalue weighted by atomic mass is 10.1. The Morgan fingerprint density at radius 1 is 1.22 bits per heavy atom. The molecule has 8 nitrogen and oxygen atoms in total. The topological polar surface area (TPSA) is 108 Å². The highest BCUT2D eigenvalue weighted by molar-refractivity contribution is 7.89. The maximum Gasteiger partial charge on any atom is 0.244 e. The number of sulfonamides is 1. The van der Waals surface area contributed by atoms with Crippen molar-refractivity contribution in [3.63, 3.8) is 0 Å². The van der Waals surface area contributed by atoms with Crippen molar-refractivity contribution in [3.05, 3.63) is 47.9 Å². The number of carbonyl (C=O) groups is 1. The van der Waals surface area contributed by atoms with Gasteiger partial charge < -0.3 is 4.90 Å². The third-order valence-corrected chi connectivity index (χ3v) is 5.96. The summed E-state index contributed by atoms with van der Waals surface area (Å²) in [6.45, 7) is 4.97. The Bertz CT molecular complexity index is 1070. The molecule has 27 heavy (non-hydrogen) atoms. The second-order valence-electron chi connectivity index (χ2n) is 6.18. The minimum atomic E-state index is -3.72. The van der Waals surface area contributed by atoms with Gasteiger partial charge in [0.1, 0.15) is 4.90 Å². The van der Waals surface area contributed by atoms with Crippen LogP contribution in [-0.2, 0) is 14.8 Å². The lowest BCUT2D eigenvalue weighted by Gasteiger charge is -2.22. The van der Waals surface area contributed by atoms with Crippen molar-refractivity contribution in [1.29, 1.82) is 0 Å². The number of benzene rings is 1. The van der Waals surface area contributed by atoms with Gasteiger partial charge >= 0.3 is 0 Å². The smallest absolute Gasteiger partial charge is 0.244 e. The van der Waals surface area contributed by atoms with Gasteiger partial charge in [0.25, 0.3) is 0 Å². The molecule has 0 aliphatic carbocycles. The van der Waals surface area contributed by atoms with E-state index in [1.54, 1.807) is 26.1 Å². The number of aromatic nitrogens is 3. The molecule has 0 unspecified atom stereocenters. The molecule has 2 heterocycles. The van der Waals surface area contributed by atoms with Crippen LogP contribution >= 0.6 is 0 Å². The summed E-state index contributed by atoms with van der Waals surface area (Å²) in [7, 11) is -3.72. The monoisotopic (exact) mass is 387 g/mol. The molecule has 0 saturated heterocycles. The number of aromatic amines is 1. The van der Waals surface area contributed by atoms with E-state index in [1.165, 1.54) is 11.8 Å². The third-order valence-electron chi connectivity index (χ3n) is 4.24. The Morgan fingerprint density at radius 3 is 2.63 bits per heavy atom. The van der Waals surface area contributed by atoms with Gasteiger partial charge in [0.05, 0.1) is 22.6 Å². The van der Waals surface area contributed by atoms with Crippen molar-refractivity contribution in [1.82, 2.24) is 19.9 Å². The van der Waals surface area contributed by atoms with Crippen LogP contribution in [-0.4, -0.2) is 42.6 Å².